The van der Waals surface area contributed by atoms with Crippen LogP contribution in [0.2, 0.25) is 5.02 Å². The smallest absolute Gasteiger partial charge is 0.255 e. The van der Waals surface area contributed by atoms with Crippen LogP contribution in [-0.4, -0.2) is 32.4 Å². The molecule has 0 saturated carbocycles. The number of ether oxygens (including phenoxy) is 2. The number of anilines is 1. The zero-order valence-electron chi connectivity index (χ0n) is 16.8. The van der Waals surface area contributed by atoms with E-state index in [-0.39, 0.29) is 39.3 Å². The molecule has 0 spiro atoms. The van der Waals surface area contributed by atoms with Crippen LogP contribution in [0.5, 0.6) is 11.5 Å². The molecule has 1 aliphatic heterocycles. The molecule has 0 fully saturated rings. The fraction of sp³-hybridized carbons (Fsp3) is 0.300. The van der Waals surface area contributed by atoms with Gasteiger partial charge in [-0.25, -0.2) is 13.1 Å². The van der Waals surface area contributed by atoms with Gasteiger partial charge in [0.1, 0.15) is 4.90 Å². The Labute approximate surface area is 179 Å². The largest absolute Gasteiger partial charge is 0.454 e. The van der Waals surface area contributed by atoms with Crippen molar-refractivity contribution < 1.29 is 27.5 Å². The fourth-order valence-electron chi connectivity index (χ4n) is 2.84. The van der Waals surface area contributed by atoms with E-state index in [1.807, 2.05) is 0 Å². The number of amides is 1. The predicted molar refractivity (Wildman–Crippen MR) is 112 cm³/mol. The average Bonchev–Trinajstić information content (AvgIpc) is 3.06. The first-order chi connectivity index (χ1) is 13.9. The number of carbonyl (C=O) groups excluding carboxylic acids is 2. The molecule has 0 atom stereocenters. The normalized spacial score (nSPS) is 13.2. The monoisotopic (exact) mass is 452 g/mol. The van der Waals surface area contributed by atoms with Gasteiger partial charge in [-0.3, -0.25) is 9.59 Å². The maximum Gasteiger partial charge on any atom is 0.255 e. The molecule has 1 amide bonds. The molecular formula is C20H21ClN2O6S. The highest BCUT2D eigenvalue weighted by molar-refractivity contribution is 7.89. The van der Waals surface area contributed by atoms with Crippen LogP contribution in [0.1, 0.15) is 48.4 Å². The summed E-state index contributed by atoms with van der Waals surface area (Å²) in [6, 6.07) is 6.90. The summed E-state index contributed by atoms with van der Waals surface area (Å²) in [5.41, 5.74) is -0.211. The topological polar surface area (TPSA) is 111 Å². The highest BCUT2D eigenvalue weighted by atomic mass is 35.5. The maximum absolute atomic E-state index is 12.8. The van der Waals surface area contributed by atoms with Crippen molar-refractivity contribution in [1.82, 2.24) is 4.72 Å². The molecule has 8 nitrogen and oxygen atoms in total. The number of rotatable bonds is 5. The number of nitrogens with one attached hydrogen (secondary N) is 2. The van der Waals surface area contributed by atoms with Crippen molar-refractivity contribution in [2.24, 2.45) is 0 Å². The summed E-state index contributed by atoms with van der Waals surface area (Å²) >= 11 is 6.08. The second kappa shape index (κ2) is 7.90. The minimum atomic E-state index is -3.96. The molecule has 3 rings (SSSR count). The van der Waals surface area contributed by atoms with Crippen LogP contribution in [0.4, 0.5) is 5.69 Å². The van der Waals surface area contributed by atoms with Gasteiger partial charge >= 0.3 is 0 Å². The van der Waals surface area contributed by atoms with Gasteiger partial charge in [0.2, 0.25) is 16.8 Å². The van der Waals surface area contributed by atoms with Crippen LogP contribution in [-0.2, 0) is 10.0 Å². The maximum atomic E-state index is 12.8. The number of fused-ring (bicyclic) bond motifs is 1. The Kier molecular flexibility index (Phi) is 5.81. The molecule has 2 aromatic carbocycles. The fourth-order valence-corrected chi connectivity index (χ4v) is 4.79. The lowest BCUT2D eigenvalue weighted by atomic mass is 10.1. The third kappa shape index (κ3) is 4.75. The summed E-state index contributed by atoms with van der Waals surface area (Å²) in [5, 5.41) is 2.61. The minimum absolute atomic E-state index is 0.0171. The van der Waals surface area contributed by atoms with E-state index in [1.54, 1.807) is 20.8 Å². The first-order valence-corrected chi connectivity index (χ1v) is 10.8. The predicted octanol–water partition coefficient (Wildman–Crippen LogP) is 3.60. The number of halogens is 1. The van der Waals surface area contributed by atoms with Crippen LogP contribution < -0.4 is 19.5 Å². The minimum Gasteiger partial charge on any atom is -0.454 e. The molecular weight excluding hydrogens is 432 g/mol. The van der Waals surface area contributed by atoms with Crippen LogP contribution in [0, 0.1) is 0 Å². The van der Waals surface area contributed by atoms with Gasteiger partial charge < -0.3 is 14.8 Å². The zero-order valence-corrected chi connectivity index (χ0v) is 18.4. The van der Waals surface area contributed by atoms with Gasteiger partial charge in [-0.15, -0.1) is 0 Å². The lowest BCUT2D eigenvalue weighted by molar-refractivity contribution is 0.101. The first-order valence-electron chi connectivity index (χ1n) is 8.97. The van der Waals surface area contributed by atoms with Crippen molar-refractivity contribution in [2.75, 3.05) is 12.1 Å². The van der Waals surface area contributed by atoms with Gasteiger partial charge in [0.15, 0.2) is 17.3 Å². The van der Waals surface area contributed by atoms with Gasteiger partial charge in [0.25, 0.3) is 5.91 Å². The van der Waals surface area contributed by atoms with Crippen molar-refractivity contribution in [3.05, 3.63) is 46.5 Å². The number of ketones is 1. The van der Waals surface area contributed by atoms with E-state index in [2.05, 4.69) is 10.0 Å². The third-order valence-corrected chi connectivity index (χ3v) is 6.30. The van der Waals surface area contributed by atoms with E-state index in [0.29, 0.717) is 11.5 Å². The molecule has 0 bridgehead atoms. The Morgan fingerprint density at radius 2 is 1.70 bits per heavy atom. The Morgan fingerprint density at radius 3 is 2.30 bits per heavy atom. The molecule has 1 heterocycles. The molecule has 2 N–H and O–H groups in total. The van der Waals surface area contributed by atoms with Crippen LogP contribution >= 0.6 is 11.6 Å². The van der Waals surface area contributed by atoms with Gasteiger partial charge in [0.05, 0.1) is 10.7 Å². The second-order valence-electron chi connectivity index (χ2n) is 7.76. The van der Waals surface area contributed by atoms with Crippen molar-refractivity contribution in [3.63, 3.8) is 0 Å². The van der Waals surface area contributed by atoms with Crippen molar-refractivity contribution in [2.45, 2.75) is 38.1 Å². The van der Waals surface area contributed by atoms with Gasteiger partial charge in [-0.2, -0.15) is 0 Å². The summed E-state index contributed by atoms with van der Waals surface area (Å²) in [4.78, 5) is 24.6. The summed E-state index contributed by atoms with van der Waals surface area (Å²) < 4.78 is 38.4. The average molecular weight is 453 g/mol. The number of carbonyl (C=O) groups is 2. The highest BCUT2D eigenvalue weighted by Crippen LogP contribution is 2.37. The van der Waals surface area contributed by atoms with E-state index < -0.39 is 21.5 Å². The number of hydrogen-bond acceptors (Lipinski definition) is 6. The van der Waals surface area contributed by atoms with Crippen molar-refractivity contribution in [3.8, 4) is 11.5 Å². The van der Waals surface area contributed by atoms with E-state index in [0.717, 1.165) is 0 Å². The Bertz CT molecular complexity index is 1140. The van der Waals surface area contributed by atoms with E-state index >= 15 is 0 Å². The lowest BCUT2D eigenvalue weighted by Gasteiger charge is -2.21. The molecule has 0 aliphatic carbocycles. The van der Waals surface area contributed by atoms with Crippen molar-refractivity contribution >= 4 is 39.0 Å². The third-order valence-electron chi connectivity index (χ3n) is 4.06. The molecule has 160 valence electrons. The van der Waals surface area contributed by atoms with E-state index in [9.17, 15) is 18.0 Å². The lowest BCUT2D eigenvalue weighted by Crippen LogP contribution is -2.40. The molecule has 0 saturated heterocycles. The highest BCUT2D eigenvalue weighted by Gasteiger charge is 2.26. The Hall–Kier alpha value is -2.62. The van der Waals surface area contributed by atoms with Crippen LogP contribution in [0.15, 0.2) is 35.2 Å². The van der Waals surface area contributed by atoms with Gasteiger partial charge in [0, 0.05) is 22.7 Å². The standard InChI is InChI=1S/C20H21ClN2O6S/c1-11(24)13-8-16-17(29-10-28-16)9-15(13)22-19(25)12-5-6-14(21)18(7-12)30(26,27)23-20(2,3)4/h5-9,23H,10H2,1-4H3,(H,22,25). The molecule has 0 radical (unpaired) electrons. The molecule has 1 aliphatic rings. The summed E-state index contributed by atoms with van der Waals surface area (Å²) in [6.07, 6.45) is 0. The molecule has 0 unspecified atom stereocenters. The summed E-state index contributed by atoms with van der Waals surface area (Å²) in [7, 11) is -3.96. The second-order valence-corrected chi connectivity index (χ2v) is 9.82. The quantitative estimate of drug-likeness (QED) is 0.670. The molecule has 0 aromatic heterocycles. The molecule has 2 aromatic rings. The van der Waals surface area contributed by atoms with Gasteiger partial charge in [-0.1, -0.05) is 11.6 Å². The number of benzene rings is 2. The first kappa shape index (κ1) is 22.1. The Morgan fingerprint density at radius 1 is 1.07 bits per heavy atom. The zero-order chi connectivity index (χ0) is 22.3. The van der Waals surface area contributed by atoms with Crippen LogP contribution in [0.25, 0.3) is 0 Å². The summed E-state index contributed by atoms with van der Waals surface area (Å²) in [5.74, 6) is -0.0898. The van der Waals surface area contributed by atoms with E-state index in [4.69, 9.17) is 21.1 Å². The summed E-state index contributed by atoms with van der Waals surface area (Å²) in [6.45, 7) is 6.45. The molecule has 30 heavy (non-hydrogen) atoms. The number of Topliss-reactive ketones (excluding diaryl/α,β-unsaturated/α-hetero) is 1. The Balaban J connectivity index is 1.95. The van der Waals surface area contributed by atoms with E-state index in [1.165, 1.54) is 37.3 Å². The SMILES string of the molecule is CC(=O)c1cc2c(cc1NC(=O)c1ccc(Cl)c(S(=O)(=O)NC(C)(C)C)c1)OCO2. The van der Waals surface area contributed by atoms with Crippen molar-refractivity contribution in [1.29, 1.82) is 0 Å². The van der Waals surface area contributed by atoms with Crippen LogP contribution in [0.3, 0.4) is 0 Å². The van der Waals surface area contributed by atoms with Gasteiger partial charge in [-0.05, 0) is 52.0 Å². The molecule has 10 heteroatoms. The number of hydrogen-bond donors (Lipinski definition) is 2. The number of sulfonamides is 1.